The van der Waals surface area contributed by atoms with E-state index in [1.54, 1.807) is 0 Å². The summed E-state index contributed by atoms with van der Waals surface area (Å²) in [5, 5.41) is 0. The van der Waals surface area contributed by atoms with Crippen LogP contribution in [0.15, 0.2) is 23.0 Å². The summed E-state index contributed by atoms with van der Waals surface area (Å²) in [6.07, 6.45) is 8.17. The van der Waals surface area contributed by atoms with Gasteiger partial charge in [0.25, 0.3) is 0 Å². The molecule has 0 spiro atoms. The lowest BCUT2D eigenvalue weighted by molar-refractivity contribution is -0.138. The minimum Gasteiger partial charge on any atom is -0.469 e. The Morgan fingerprint density at radius 3 is 2.67 bits per heavy atom. The molecule has 1 saturated heterocycles. The minimum absolute atomic E-state index is 0.0289. The number of ether oxygens (including phenoxy) is 2. The molecule has 1 heterocycles. The van der Waals surface area contributed by atoms with Crippen LogP contribution >= 0.6 is 0 Å². The molecule has 1 aliphatic heterocycles. The van der Waals surface area contributed by atoms with Gasteiger partial charge in [-0.25, -0.2) is 0 Å². The molecule has 0 saturated carbocycles. The van der Waals surface area contributed by atoms with Gasteiger partial charge in [0.1, 0.15) is 0 Å². The van der Waals surface area contributed by atoms with Gasteiger partial charge in [0.05, 0.1) is 12.4 Å². The first kappa shape index (κ1) is 13.7. The standard InChI is InChI=1S/C16H26O2/c1-12(14-8-7-10-16(14,3)4)13(2)18-15-9-5-6-11-17-15/h8,15H,5-7,9-11H2,1-4H3. The molecule has 0 radical (unpaired) electrons. The summed E-state index contributed by atoms with van der Waals surface area (Å²) in [7, 11) is 0. The Balaban J connectivity index is 2.05. The monoisotopic (exact) mass is 250 g/mol. The fourth-order valence-electron chi connectivity index (χ4n) is 2.93. The Labute approximate surface area is 111 Å². The van der Waals surface area contributed by atoms with Gasteiger partial charge in [-0.1, -0.05) is 19.9 Å². The average Bonchev–Trinajstić information content (AvgIpc) is 2.69. The Bertz CT molecular complexity index is 357. The number of allylic oxidation sites excluding steroid dienone is 4. The Kier molecular flexibility index (Phi) is 4.16. The third-order valence-electron chi connectivity index (χ3n) is 4.23. The summed E-state index contributed by atoms with van der Waals surface area (Å²) in [6.45, 7) is 9.73. The third-order valence-corrected chi connectivity index (χ3v) is 4.23. The smallest absolute Gasteiger partial charge is 0.199 e. The molecule has 1 aliphatic carbocycles. The van der Waals surface area contributed by atoms with Crippen LogP contribution in [-0.4, -0.2) is 12.9 Å². The average molecular weight is 250 g/mol. The van der Waals surface area contributed by atoms with Crippen molar-refractivity contribution in [1.29, 1.82) is 0 Å². The van der Waals surface area contributed by atoms with Crippen LogP contribution in [0.25, 0.3) is 0 Å². The van der Waals surface area contributed by atoms with Crippen molar-refractivity contribution in [1.82, 2.24) is 0 Å². The summed E-state index contributed by atoms with van der Waals surface area (Å²) in [5.41, 5.74) is 3.05. The lowest BCUT2D eigenvalue weighted by Crippen LogP contribution is -2.22. The van der Waals surface area contributed by atoms with E-state index in [1.807, 2.05) is 0 Å². The molecule has 2 heteroatoms. The van der Waals surface area contributed by atoms with Gasteiger partial charge in [0, 0.05) is 6.42 Å². The molecule has 0 amide bonds. The molecule has 0 bridgehead atoms. The molecule has 2 aliphatic rings. The lowest BCUT2D eigenvalue weighted by atomic mass is 9.82. The molecule has 0 aromatic rings. The fourth-order valence-corrected chi connectivity index (χ4v) is 2.93. The van der Waals surface area contributed by atoms with Gasteiger partial charge in [-0.15, -0.1) is 0 Å². The maximum Gasteiger partial charge on any atom is 0.199 e. The molecule has 1 unspecified atom stereocenters. The molecule has 2 rings (SSSR count). The van der Waals surface area contributed by atoms with E-state index < -0.39 is 0 Å². The first-order chi connectivity index (χ1) is 8.50. The van der Waals surface area contributed by atoms with Gasteiger partial charge in [-0.2, -0.15) is 0 Å². The second-order valence-corrected chi connectivity index (χ2v) is 6.14. The van der Waals surface area contributed by atoms with Gasteiger partial charge >= 0.3 is 0 Å². The Morgan fingerprint density at radius 2 is 2.11 bits per heavy atom. The topological polar surface area (TPSA) is 18.5 Å². The number of hydrogen-bond donors (Lipinski definition) is 0. The Morgan fingerprint density at radius 1 is 1.33 bits per heavy atom. The zero-order valence-electron chi connectivity index (χ0n) is 12.2. The van der Waals surface area contributed by atoms with Crippen molar-refractivity contribution in [3.63, 3.8) is 0 Å². The van der Waals surface area contributed by atoms with Gasteiger partial charge in [0.2, 0.25) is 0 Å². The Hall–Kier alpha value is -0.760. The van der Waals surface area contributed by atoms with Crippen molar-refractivity contribution in [2.45, 2.75) is 66.1 Å². The molecule has 18 heavy (non-hydrogen) atoms. The zero-order valence-corrected chi connectivity index (χ0v) is 12.2. The van der Waals surface area contributed by atoms with Gasteiger partial charge in [0.15, 0.2) is 6.29 Å². The van der Waals surface area contributed by atoms with Crippen molar-refractivity contribution in [3.8, 4) is 0 Å². The molecular formula is C16H26O2. The second-order valence-electron chi connectivity index (χ2n) is 6.14. The van der Waals surface area contributed by atoms with Crippen LogP contribution in [0.2, 0.25) is 0 Å². The summed E-state index contributed by atoms with van der Waals surface area (Å²) >= 11 is 0. The number of rotatable bonds is 3. The van der Waals surface area contributed by atoms with Crippen LogP contribution in [0, 0.1) is 5.41 Å². The van der Waals surface area contributed by atoms with Crippen LogP contribution in [0.5, 0.6) is 0 Å². The normalized spacial score (nSPS) is 28.7. The third kappa shape index (κ3) is 2.97. The summed E-state index contributed by atoms with van der Waals surface area (Å²) < 4.78 is 11.6. The van der Waals surface area contributed by atoms with Crippen LogP contribution in [0.3, 0.4) is 0 Å². The maximum absolute atomic E-state index is 5.98. The highest BCUT2D eigenvalue weighted by Gasteiger charge is 2.29. The number of hydrogen-bond acceptors (Lipinski definition) is 2. The first-order valence-electron chi connectivity index (χ1n) is 7.17. The zero-order chi connectivity index (χ0) is 13.2. The maximum atomic E-state index is 5.98. The molecule has 0 aromatic heterocycles. The van der Waals surface area contributed by atoms with E-state index in [-0.39, 0.29) is 6.29 Å². The van der Waals surface area contributed by atoms with E-state index in [2.05, 4.69) is 33.8 Å². The molecule has 1 atom stereocenters. The predicted molar refractivity (Wildman–Crippen MR) is 74.1 cm³/mol. The highest BCUT2D eigenvalue weighted by Crippen LogP contribution is 2.42. The van der Waals surface area contributed by atoms with Gasteiger partial charge < -0.3 is 9.47 Å². The van der Waals surface area contributed by atoms with Crippen molar-refractivity contribution in [2.24, 2.45) is 5.41 Å². The quantitative estimate of drug-likeness (QED) is 0.683. The fraction of sp³-hybridized carbons (Fsp3) is 0.750. The van der Waals surface area contributed by atoms with Crippen molar-refractivity contribution >= 4 is 0 Å². The van der Waals surface area contributed by atoms with E-state index in [4.69, 9.17) is 9.47 Å². The van der Waals surface area contributed by atoms with Crippen molar-refractivity contribution < 1.29 is 9.47 Å². The minimum atomic E-state index is -0.0289. The van der Waals surface area contributed by atoms with Crippen LogP contribution < -0.4 is 0 Å². The highest BCUT2D eigenvalue weighted by atomic mass is 16.7. The predicted octanol–water partition coefficient (Wildman–Crippen LogP) is 4.57. The molecule has 0 aromatic carbocycles. The van der Waals surface area contributed by atoms with Crippen molar-refractivity contribution in [2.75, 3.05) is 6.61 Å². The summed E-state index contributed by atoms with van der Waals surface area (Å²) in [5.74, 6) is 1.03. The van der Waals surface area contributed by atoms with Crippen molar-refractivity contribution in [3.05, 3.63) is 23.0 Å². The van der Waals surface area contributed by atoms with Gasteiger partial charge in [-0.05, 0) is 56.1 Å². The summed E-state index contributed by atoms with van der Waals surface area (Å²) in [4.78, 5) is 0. The molecule has 2 nitrogen and oxygen atoms in total. The first-order valence-corrected chi connectivity index (χ1v) is 7.17. The van der Waals surface area contributed by atoms with Gasteiger partial charge in [-0.3, -0.25) is 0 Å². The second kappa shape index (κ2) is 5.48. The van der Waals surface area contributed by atoms with E-state index >= 15 is 0 Å². The van der Waals surface area contributed by atoms with E-state index in [0.717, 1.165) is 18.8 Å². The summed E-state index contributed by atoms with van der Waals surface area (Å²) in [6, 6.07) is 0. The van der Waals surface area contributed by atoms with Crippen LogP contribution in [0.4, 0.5) is 0 Å². The largest absolute Gasteiger partial charge is 0.469 e. The molecule has 102 valence electrons. The van der Waals surface area contributed by atoms with E-state index in [1.165, 1.54) is 36.8 Å². The molecular weight excluding hydrogens is 224 g/mol. The van der Waals surface area contributed by atoms with E-state index in [0.29, 0.717) is 5.41 Å². The van der Waals surface area contributed by atoms with Crippen LogP contribution in [-0.2, 0) is 9.47 Å². The van der Waals surface area contributed by atoms with E-state index in [9.17, 15) is 0 Å². The molecule has 0 N–H and O–H groups in total. The lowest BCUT2D eigenvalue weighted by Gasteiger charge is -2.27. The SMILES string of the molecule is CC(OC1CCCCO1)=C(C)C1=CCCC1(C)C. The molecule has 1 fully saturated rings. The van der Waals surface area contributed by atoms with Crippen LogP contribution in [0.1, 0.15) is 59.8 Å². The highest BCUT2D eigenvalue weighted by molar-refractivity contribution is 5.38.